The molecule has 0 aliphatic carbocycles. The lowest BCUT2D eigenvalue weighted by molar-refractivity contribution is 0.416. The summed E-state index contributed by atoms with van der Waals surface area (Å²) in [6.07, 6.45) is 3.09. The van der Waals surface area contributed by atoms with Gasteiger partial charge in [0.15, 0.2) is 11.6 Å². The van der Waals surface area contributed by atoms with Gasteiger partial charge in [-0.05, 0) is 24.3 Å². The van der Waals surface area contributed by atoms with Crippen molar-refractivity contribution in [1.82, 2.24) is 24.7 Å². The number of halogens is 1. The van der Waals surface area contributed by atoms with Gasteiger partial charge in [-0.3, -0.25) is 4.68 Å². The average Bonchev–Trinajstić information content (AvgIpc) is 3.36. The number of aromatic nitrogens is 5. The van der Waals surface area contributed by atoms with Gasteiger partial charge < -0.3 is 15.2 Å². The Morgan fingerprint density at radius 2 is 2.03 bits per heavy atom. The standard InChI is InChI=1S/C20H15FN6O2S/c1-27-7-15(29-2)18(26-27)10-5-13-16(14(28)6-10)20(23-8-22-13)25-11-3-4-12-19(17(11)21)30-9-24-12/h3-9,28H,1-2H3,(H,22,23,25). The number of phenols is 1. The lowest BCUT2D eigenvalue weighted by atomic mass is 10.1. The number of thiazole rings is 1. The van der Waals surface area contributed by atoms with E-state index in [0.717, 1.165) is 0 Å². The molecule has 0 aliphatic heterocycles. The van der Waals surface area contributed by atoms with E-state index in [-0.39, 0.29) is 11.4 Å². The Hall–Kier alpha value is -3.79. The van der Waals surface area contributed by atoms with E-state index in [1.807, 2.05) is 0 Å². The van der Waals surface area contributed by atoms with Gasteiger partial charge in [0.2, 0.25) is 0 Å². The van der Waals surface area contributed by atoms with Crippen molar-refractivity contribution in [1.29, 1.82) is 0 Å². The minimum Gasteiger partial charge on any atom is -0.507 e. The Bertz CT molecular complexity index is 1410. The topological polar surface area (TPSA) is 98.0 Å². The Kier molecular flexibility index (Phi) is 4.21. The number of fused-ring (bicyclic) bond motifs is 2. The number of nitrogens with zero attached hydrogens (tertiary/aromatic N) is 5. The SMILES string of the molecule is COc1cn(C)nc1-c1cc(O)c2c(Nc3ccc4ncsc4c3F)ncnc2c1. The van der Waals surface area contributed by atoms with Crippen LogP contribution in [0.2, 0.25) is 0 Å². The second kappa shape index (κ2) is 6.92. The fourth-order valence-electron chi connectivity index (χ4n) is 3.34. The summed E-state index contributed by atoms with van der Waals surface area (Å²) in [6, 6.07) is 6.65. The van der Waals surface area contributed by atoms with Gasteiger partial charge in [0.05, 0.1) is 45.6 Å². The van der Waals surface area contributed by atoms with E-state index >= 15 is 0 Å². The number of hydrogen-bond donors (Lipinski definition) is 2. The van der Waals surface area contributed by atoms with Crippen LogP contribution in [0.4, 0.5) is 15.9 Å². The minimum absolute atomic E-state index is 0.0578. The van der Waals surface area contributed by atoms with Crippen LogP contribution in [-0.4, -0.2) is 36.9 Å². The summed E-state index contributed by atoms with van der Waals surface area (Å²) in [5.41, 5.74) is 4.12. The van der Waals surface area contributed by atoms with E-state index in [2.05, 4.69) is 25.4 Å². The van der Waals surface area contributed by atoms with Crippen molar-refractivity contribution >= 4 is 44.0 Å². The molecule has 5 aromatic rings. The number of methoxy groups -OCH3 is 1. The Morgan fingerprint density at radius 1 is 1.17 bits per heavy atom. The number of benzene rings is 2. The first-order chi connectivity index (χ1) is 14.5. The fraction of sp³-hybridized carbons (Fsp3) is 0.100. The molecular formula is C20H15FN6O2S. The van der Waals surface area contributed by atoms with Crippen LogP contribution in [0.25, 0.3) is 32.4 Å². The van der Waals surface area contributed by atoms with Crippen molar-refractivity contribution < 1.29 is 14.2 Å². The molecule has 3 aromatic heterocycles. The van der Waals surface area contributed by atoms with E-state index in [4.69, 9.17) is 4.74 Å². The largest absolute Gasteiger partial charge is 0.507 e. The van der Waals surface area contributed by atoms with Crippen molar-refractivity contribution in [3.63, 3.8) is 0 Å². The second-order valence-electron chi connectivity index (χ2n) is 6.58. The van der Waals surface area contributed by atoms with Gasteiger partial charge in [-0.15, -0.1) is 11.3 Å². The molecule has 8 nitrogen and oxygen atoms in total. The number of aryl methyl sites for hydroxylation is 1. The molecular weight excluding hydrogens is 407 g/mol. The second-order valence-corrected chi connectivity index (χ2v) is 7.44. The van der Waals surface area contributed by atoms with Crippen LogP contribution in [0.5, 0.6) is 11.5 Å². The van der Waals surface area contributed by atoms with Gasteiger partial charge in [0.25, 0.3) is 0 Å². The summed E-state index contributed by atoms with van der Waals surface area (Å²) in [4.78, 5) is 12.6. The molecule has 0 radical (unpaired) electrons. The van der Waals surface area contributed by atoms with E-state index < -0.39 is 5.82 Å². The quantitative estimate of drug-likeness (QED) is 0.447. The minimum atomic E-state index is -0.420. The summed E-state index contributed by atoms with van der Waals surface area (Å²) < 4.78 is 22.3. The number of phenolic OH excluding ortho intramolecular Hbond substituents is 1. The summed E-state index contributed by atoms with van der Waals surface area (Å²) in [5, 5.41) is 18.5. The molecule has 0 amide bonds. The third-order valence-corrected chi connectivity index (χ3v) is 5.53. The predicted octanol–water partition coefficient (Wildman–Crippen LogP) is 4.24. The number of rotatable bonds is 4. The van der Waals surface area contributed by atoms with Gasteiger partial charge in [-0.1, -0.05) is 0 Å². The smallest absolute Gasteiger partial charge is 0.166 e. The molecule has 0 fully saturated rings. The molecule has 0 saturated heterocycles. The van der Waals surface area contributed by atoms with Crippen molar-refractivity contribution in [2.45, 2.75) is 0 Å². The van der Waals surface area contributed by atoms with Gasteiger partial charge in [-0.25, -0.2) is 19.3 Å². The molecule has 2 N–H and O–H groups in total. The summed E-state index contributed by atoms with van der Waals surface area (Å²) >= 11 is 1.22. The first kappa shape index (κ1) is 18.3. The molecule has 0 spiro atoms. The Balaban J connectivity index is 1.62. The maximum Gasteiger partial charge on any atom is 0.166 e. The first-order valence-corrected chi connectivity index (χ1v) is 9.77. The molecule has 5 rings (SSSR count). The third kappa shape index (κ3) is 2.89. The molecule has 30 heavy (non-hydrogen) atoms. The molecule has 2 aromatic carbocycles. The fourth-order valence-corrected chi connectivity index (χ4v) is 4.06. The number of anilines is 2. The zero-order valence-corrected chi connectivity index (χ0v) is 16.7. The molecule has 10 heteroatoms. The van der Waals surface area contributed by atoms with E-state index in [0.29, 0.717) is 43.9 Å². The van der Waals surface area contributed by atoms with E-state index in [9.17, 15) is 9.50 Å². The lowest BCUT2D eigenvalue weighted by Gasteiger charge is -2.12. The molecule has 0 unspecified atom stereocenters. The van der Waals surface area contributed by atoms with E-state index in [1.54, 1.807) is 54.8 Å². The zero-order valence-electron chi connectivity index (χ0n) is 15.9. The Labute approximate surface area is 173 Å². The van der Waals surface area contributed by atoms with Gasteiger partial charge in [0, 0.05) is 12.6 Å². The summed E-state index contributed by atoms with van der Waals surface area (Å²) in [7, 11) is 3.34. The first-order valence-electron chi connectivity index (χ1n) is 8.89. The normalized spacial score (nSPS) is 11.3. The summed E-state index contributed by atoms with van der Waals surface area (Å²) in [5.74, 6) is 0.386. The molecule has 0 atom stereocenters. The molecule has 0 bridgehead atoms. The predicted molar refractivity (Wildman–Crippen MR) is 113 cm³/mol. The monoisotopic (exact) mass is 422 g/mol. The highest BCUT2D eigenvalue weighted by molar-refractivity contribution is 7.16. The van der Waals surface area contributed by atoms with Gasteiger partial charge >= 0.3 is 0 Å². The van der Waals surface area contributed by atoms with Crippen LogP contribution in [0.1, 0.15) is 0 Å². The molecule has 150 valence electrons. The number of nitrogens with one attached hydrogen (secondary N) is 1. The molecule has 0 aliphatic rings. The van der Waals surface area contributed by atoms with Gasteiger partial charge in [0.1, 0.15) is 23.6 Å². The third-order valence-electron chi connectivity index (χ3n) is 4.70. The van der Waals surface area contributed by atoms with Crippen molar-refractivity contribution in [3.05, 3.63) is 48.1 Å². The molecule has 3 heterocycles. The number of aromatic hydroxyl groups is 1. The van der Waals surface area contributed by atoms with Crippen LogP contribution in [-0.2, 0) is 7.05 Å². The average molecular weight is 422 g/mol. The highest BCUT2D eigenvalue weighted by Crippen LogP contribution is 2.38. The van der Waals surface area contributed by atoms with Crippen LogP contribution in [0, 0.1) is 5.82 Å². The van der Waals surface area contributed by atoms with Crippen molar-refractivity contribution in [2.24, 2.45) is 7.05 Å². The van der Waals surface area contributed by atoms with Crippen LogP contribution < -0.4 is 10.1 Å². The number of hydrogen-bond acceptors (Lipinski definition) is 8. The van der Waals surface area contributed by atoms with Crippen LogP contribution in [0.15, 0.2) is 42.3 Å². The highest BCUT2D eigenvalue weighted by Gasteiger charge is 2.17. The molecule has 0 saturated carbocycles. The summed E-state index contributed by atoms with van der Waals surface area (Å²) in [6.45, 7) is 0. The van der Waals surface area contributed by atoms with Crippen molar-refractivity contribution in [2.75, 3.05) is 12.4 Å². The maximum atomic E-state index is 14.8. The van der Waals surface area contributed by atoms with Crippen LogP contribution in [0.3, 0.4) is 0 Å². The van der Waals surface area contributed by atoms with Crippen molar-refractivity contribution in [3.8, 4) is 22.8 Å². The number of ether oxygens (including phenoxy) is 1. The maximum absolute atomic E-state index is 14.8. The lowest BCUT2D eigenvalue weighted by Crippen LogP contribution is -1.99. The zero-order chi connectivity index (χ0) is 20.8. The Morgan fingerprint density at radius 3 is 2.87 bits per heavy atom. The van der Waals surface area contributed by atoms with Crippen LogP contribution >= 0.6 is 11.3 Å². The van der Waals surface area contributed by atoms with E-state index in [1.165, 1.54) is 17.7 Å². The highest BCUT2D eigenvalue weighted by atomic mass is 32.1. The van der Waals surface area contributed by atoms with Gasteiger partial charge in [-0.2, -0.15) is 5.10 Å².